The number of likely N-dealkylation sites (N-methyl/N-ethyl adjacent to an activating group) is 1. The fourth-order valence-electron chi connectivity index (χ4n) is 4.39. The van der Waals surface area contributed by atoms with E-state index in [9.17, 15) is 19.7 Å². The third kappa shape index (κ3) is 4.19. The summed E-state index contributed by atoms with van der Waals surface area (Å²) in [4.78, 5) is 43.1. The van der Waals surface area contributed by atoms with Gasteiger partial charge in [-0.3, -0.25) is 19.7 Å². The predicted octanol–water partition coefficient (Wildman–Crippen LogP) is 2.91. The van der Waals surface area contributed by atoms with Crippen molar-refractivity contribution in [2.24, 2.45) is 0 Å². The minimum absolute atomic E-state index is 0.0756. The number of hydrogen-bond acceptors (Lipinski definition) is 7. The van der Waals surface area contributed by atoms with Crippen molar-refractivity contribution in [3.8, 4) is 5.75 Å². The van der Waals surface area contributed by atoms with Gasteiger partial charge in [0.15, 0.2) is 0 Å². The molecule has 33 heavy (non-hydrogen) atoms. The minimum atomic E-state index is -0.491. The normalized spacial score (nSPS) is 17.6. The molecule has 0 N–H and O–H groups in total. The molecule has 2 aliphatic heterocycles. The second-order valence-corrected chi connectivity index (χ2v) is 8.32. The molecule has 4 rings (SSSR count). The first-order valence-electron chi connectivity index (χ1n) is 10.7. The first-order valence-corrected chi connectivity index (χ1v) is 10.7. The van der Waals surface area contributed by atoms with E-state index < -0.39 is 16.7 Å². The van der Waals surface area contributed by atoms with Crippen molar-refractivity contribution in [1.29, 1.82) is 0 Å². The van der Waals surface area contributed by atoms with Crippen molar-refractivity contribution in [3.63, 3.8) is 0 Å². The number of methoxy groups -OCH3 is 1. The maximum absolute atomic E-state index is 13.6. The molecule has 0 unspecified atom stereocenters. The number of nitro benzene ring substituents is 1. The number of amides is 2. The summed E-state index contributed by atoms with van der Waals surface area (Å²) in [6.45, 7) is 1.80. The summed E-state index contributed by atoms with van der Waals surface area (Å²) in [6, 6.07) is 12.6. The van der Waals surface area contributed by atoms with E-state index in [4.69, 9.17) is 4.74 Å². The SMILES string of the molecule is COc1ccc(N2C(=O)C(c3ccc([N+](=O)[O-])cc3)=C(N(C)C3CCN(C)CC3)C2=O)cc1. The second-order valence-electron chi connectivity index (χ2n) is 8.32. The van der Waals surface area contributed by atoms with Gasteiger partial charge in [0.1, 0.15) is 11.4 Å². The summed E-state index contributed by atoms with van der Waals surface area (Å²) in [5, 5.41) is 11.1. The Bertz CT molecular complexity index is 1100. The number of nitrogens with zero attached hydrogens (tertiary/aromatic N) is 4. The zero-order valence-corrected chi connectivity index (χ0v) is 18.9. The van der Waals surface area contributed by atoms with Gasteiger partial charge in [0.2, 0.25) is 0 Å². The Balaban J connectivity index is 1.77. The highest BCUT2D eigenvalue weighted by molar-refractivity contribution is 6.45. The molecule has 1 saturated heterocycles. The monoisotopic (exact) mass is 450 g/mol. The zero-order valence-electron chi connectivity index (χ0n) is 18.9. The molecule has 2 aromatic carbocycles. The molecular formula is C24H26N4O5. The van der Waals surface area contributed by atoms with E-state index in [0.717, 1.165) is 30.8 Å². The van der Waals surface area contributed by atoms with Crippen molar-refractivity contribution < 1.29 is 19.2 Å². The molecule has 9 heteroatoms. The van der Waals surface area contributed by atoms with E-state index >= 15 is 0 Å². The van der Waals surface area contributed by atoms with E-state index in [0.29, 0.717) is 22.7 Å². The number of ether oxygens (including phenoxy) is 1. The number of rotatable bonds is 6. The Morgan fingerprint density at radius 1 is 1.00 bits per heavy atom. The van der Waals surface area contributed by atoms with Crippen LogP contribution in [-0.4, -0.2) is 66.9 Å². The molecule has 0 saturated carbocycles. The van der Waals surface area contributed by atoms with Crippen LogP contribution in [0.3, 0.4) is 0 Å². The van der Waals surface area contributed by atoms with Crippen LogP contribution < -0.4 is 9.64 Å². The van der Waals surface area contributed by atoms with E-state index in [1.54, 1.807) is 31.4 Å². The minimum Gasteiger partial charge on any atom is -0.497 e. The molecule has 2 heterocycles. The van der Waals surface area contributed by atoms with Crippen LogP contribution in [0.15, 0.2) is 54.2 Å². The lowest BCUT2D eigenvalue weighted by atomic mass is 10.00. The standard InChI is InChI=1S/C24H26N4O5/c1-25-14-12-17(13-15-25)26(2)22-21(16-4-6-19(7-5-16)28(31)32)23(29)27(24(22)30)18-8-10-20(33-3)11-9-18/h4-11,17H,12-15H2,1-3H3. The van der Waals surface area contributed by atoms with Crippen LogP contribution in [0.4, 0.5) is 11.4 Å². The van der Waals surface area contributed by atoms with Crippen LogP contribution in [0.25, 0.3) is 5.57 Å². The van der Waals surface area contributed by atoms with Gasteiger partial charge in [-0.1, -0.05) is 0 Å². The molecule has 0 spiro atoms. The molecule has 0 aliphatic carbocycles. The molecule has 0 aromatic heterocycles. The number of benzene rings is 2. The Labute approximate surface area is 192 Å². The van der Waals surface area contributed by atoms with Crippen LogP contribution in [0.1, 0.15) is 18.4 Å². The molecule has 2 amide bonds. The number of carbonyl (C=O) groups excluding carboxylic acids is 2. The first-order chi connectivity index (χ1) is 15.8. The molecule has 172 valence electrons. The van der Waals surface area contributed by atoms with Crippen LogP contribution >= 0.6 is 0 Å². The number of hydrogen-bond donors (Lipinski definition) is 0. The largest absolute Gasteiger partial charge is 0.497 e. The van der Waals surface area contributed by atoms with Crippen molar-refractivity contribution in [3.05, 3.63) is 69.9 Å². The number of likely N-dealkylation sites (tertiary alicyclic amines) is 1. The molecule has 0 bridgehead atoms. The zero-order chi connectivity index (χ0) is 23.7. The third-order valence-electron chi connectivity index (χ3n) is 6.35. The average molecular weight is 450 g/mol. The van der Waals surface area contributed by atoms with E-state index in [1.165, 1.54) is 24.3 Å². The summed E-state index contributed by atoms with van der Waals surface area (Å²) in [5.41, 5.74) is 1.42. The average Bonchev–Trinajstić information content (AvgIpc) is 3.09. The van der Waals surface area contributed by atoms with Crippen molar-refractivity contribution in [1.82, 2.24) is 9.80 Å². The third-order valence-corrected chi connectivity index (χ3v) is 6.35. The molecular weight excluding hydrogens is 424 g/mol. The highest BCUT2D eigenvalue weighted by atomic mass is 16.6. The van der Waals surface area contributed by atoms with Crippen molar-refractivity contribution >= 4 is 28.8 Å². The molecule has 1 fully saturated rings. The summed E-state index contributed by atoms with van der Waals surface area (Å²) in [5.74, 6) is -0.237. The second kappa shape index (κ2) is 9.03. The van der Waals surface area contributed by atoms with Gasteiger partial charge in [-0.05, 0) is 74.9 Å². The smallest absolute Gasteiger partial charge is 0.282 e. The summed E-state index contributed by atoms with van der Waals surface area (Å²) in [7, 11) is 5.46. The molecule has 0 atom stereocenters. The van der Waals surface area contributed by atoms with Gasteiger partial charge in [-0.2, -0.15) is 0 Å². The number of piperidine rings is 1. The molecule has 9 nitrogen and oxygen atoms in total. The van der Waals surface area contributed by atoms with Gasteiger partial charge in [-0.15, -0.1) is 0 Å². The van der Waals surface area contributed by atoms with Crippen LogP contribution in [0, 0.1) is 10.1 Å². The molecule has 2 aromatic rings. The lowest BCUT2D eigenvalue weighted by Crippen LogP contribution is -2.43. The van der Waals surface area contributed by atoms with Crippen LogP contribution in [0.5, 0.6) is 5.75 Å². The molecule has 2 aliphatic rings. The predicted molar refractivity (Wildman–Crippen MR) is 124 cm³/mol. The van der Waals surface area contributed by atoms with Gasteiger partial charge in [0.25, 0.3) is 17.5 Å². The van der Waals surface area contributed by atoms with Gasteiger partial charge in [0.05, 0.1) is 23.3 Å². The first kappa shape index (κ1) is 22.5. The number of nitro groups is 1. The highest BCUT2D eigenvalue weighted by Crippen LogP contribution is 2.37. The van der Waals surface area contributed by atoms with Crippen molar-refractivity contribution in [2.45, 2.75) is 18.9 Å². The van der Waals surface area contributed by atoms with E-state index in [-0.39, 0.29) is 17.3 Å². The van der Waals surface area contributed by atoms with Gasteiger partial charge >= 0.3 is 0 Å². The Morgan fingerprint density at radius 2 is 1.61 bits per heavy atom. The number of non-ortho nitro benzene ring substituents is 1. The quantitative estimate of drug-likeness (QED) is 0.379. The Kier molecular flexibility index (Phi) is 6.15. The van der Waals surface area contributed by atoms with E-state index in [1.807, 2.05) is 11.9 Å². The maximum Gasteiger partial charge on any atom is 0.282 e. The maximum atomic E-state index is 13.6. The Morgan fingerprint density at radius 3 is 2.15 bits per heavy atom. The van der Waals surface area contributed by atoms with Gasteiger partial charge in [-0.25, -0.2) is 4.90 Å². The highest BCUT2D eigenvalue weighted by Gasteiger charge is 2.43. The topological polar surface area (TPSA) is 96.2 Å². The Hall–Kier alpha value is -3.72. The lowest BCUT2D eigenvalue weighted by Gasteiger charge is -2.36. The summed E-state index contributed by atoms with van der Waals surface area (Å²) >= 11 is 0. The van der Waals surface area contributed by atoms with Crippen LogP contribution in [-0.2, 0) is 9.59 Å². The van der Waals surface area contributed by atoms with Gasteiger partial charge < -0.3 is 14.5 Å². The number of carbonyl (C=O) groups is 2. The fraction of sp³-hybridized carbons (Fsp3) is 0.333. The summed E-state index contributed by atoms with van der Waals surface area (Å²) in [6.07, 6.45) is 1.74. The van der Waals surface area contributed by atoms with E-state index in [2.05, 4.69) is 11.9 Å². The van der Waals surface area contributed by atoms with Gasteiger partial charge in [0, 0.05) is 25.2 Å². The number of anilines is 1. The fourth-order valence-corrected chi connectivity index (χ4v) is 4.39. The van der Waals surface area contributed by atoms with Crippen molar-refractivity contribution in [2.75, 3.05) is 39.2 Å². The number of imide groups is 1. The van der Waals surface area contributed by atoms with Crippen LogP contribution in [0.2, 0.25) is 0 Å². The summed E-state index contributed by atoms with van der Waals surface area (Å²) < 4.78 is 5.19. The lowest BCUT2D eigenvalue weighted by molar-refractivity contribution is -0.384. The molecule has 0 radical (unpaired) electrons.